The summed E-state index contributed by atoms with van der Waals surface area (Å²) in [7, 11) is 0. The normalized spacial score (nSPS) is 16.8. The van der Waals surface area contributed by atoms with E-state index in [2.05, 4.69) is 19.1 Å². The van der Waals surface area contributed by atoms with Gasteiger partial charge in [0.05, 0.1) is 0 Å². The zero-order valence-electron chi connectivity index (χ0n) is 19.3. The van der Waals surface area contributed by atoms with Gasteiger partial charge in [-0.3, -0.25) is 4.79 Å². The van der Waals surface area contributed by atoms with E-state index in [9.17, 15) is 9.18 Å². The molecule has 0 bridgehead atoms. The molecule has 0 radical (unpaired) electrons. The van der Waals surface area contributed by atoms with Crippen LogP contribution in [0, 0.1) is 5.82 Å². The van der Waals surface area contributed by atoms with Crippen LogP contribution in [0.4, 0.5) is 4.39 Å². The highest BCUT2D eigenvalue weighted by molar-refractivity contribution is 6.07. The number of nitrogens with zero attached hydrogens (tertiary/aromatic N) is 1. The Morgan fingerprint density at radius 3 is 2.55 bits per heavy atom. The van der Waals surface area contributed by atoms with Crippen molar-refractivity contribution in [1.82, 2.24) is 4.90 Å². The van der Waals surface area contributed by atoms with E-state index in [0.717, 1.165) is 41.2 Å². The summed E-state index contributed by atoms with van der Waals surface area (Å²) < 4.78 is 13.5. The van der Waals surface area contributed by atoms with Crippen LogP contribution in [0.2, 0.25) is 0 Å². The predicted molar refractivity (Wildman–Crippen MR) is 135 cm³/mol. The van der Waals surface area contributed by atoms with E-state index in [0.29, 0.717) is 6.54 Å². The summed E-state index contributed by atoms with van der Waals surface area (Å²) in [5.74, 6) is -0.235. The number of halogens is 1. The Kier molecular flexibility index (Phi) is 7.19. The lowest BCUT2D eigenvalue weighted by atomic mass is 9.87. The highest BCUT2D eigenvalue weighted by Gasteiger charge is 2.29. The fourth-order valence-corrected chi connectivity index (χ4v) is 4.62. The molecule has 0 N–H and O–H groups in total. The molecule has 33 heavy (non-hydrogen) atoms. The Balaban J connectivity index is 1.68. The zero-order chi connectivity index (χ0) is 23.2. The van der Waals surface area contributed by atoms with E-state index in [1.807, 2.05) is 66.4 Å². The summed E-state index contributed by atoms with van der Waals surface area (Å²) in [4.78, 5) is 15.9. The van der Waals surface area contributed by atoms with Crippen LogP contribution >= 0.6 is 0 Å². The number of carbonyl (C=O) groups excluding carboxylic acids is 1. The minimum absolute atomic E-state index is 0.0295. The molecule has 0 saturated heterocycles. The number of fused-ring (bicyclic) bond motifs is 1. The quantitative estimate of drug-likeness (QED) is 0.362. The Morgan fingerprint density at radius 2 is 1.79 bits per heavy atom. The number of benzene rings is 3. The molecule has 0 aliphatic heterocycles. The molecule has 1 amide bonds. The average molecular weight is 440 g/mol. The van der Waals surface area contributed by atoms with Crippen LogP contribution in [-0.4, -0.2) is 16.8 Å². The van der Waals surface area contributed by atoms with Gasteiger partial charge in [-0.05, 0) is 73.2 Å². The Labute approximate surface area is 195 Å². The highest BCUT2D eigenvalue weighted by atomic mass is 19.1. The predicted octanol–water partition coefficient (Wildman–Crippen LogP) is 7.62. The second-order valence-corrected chi connectivity index (χ2v) is 8.67. The van der Waals surface area contributed by atoms with Crippen molar-refractivity contribution in [2.75, 3.05) is 0 Å². The van der Waals surface area contributed by atoms with Gasteiger partial charge in [0, 0.05) is 18.2 Å². The van der Waals surface area contributed by atoms with Crippen LogP contribution in [-0.2, 0) is 6.54 Å². The molecule has 168 valence electrons. The van der Waals surface area contributed by atoms with Gasteiger partial charge in [0.25, 0.3) is 5.91 Å². The van der Waals surface area contributed by atoms with E-state index < -0.39 is 0 Å². The van der Waals surface area contributed by atoms with E-state index >= 15 is 0 Å². The Morgan fingerprint density at radius 1 is 1.03 bits per heavy atom. The summed E-state index contributed by atoms with van der Waals surface area (Å²) >= 11 is 0. The Hall–Kier alpha value is -3.46. The third-order valence-corrected chi connectivity index (χ3v) is 6.43. The minimum Gasteiger partial charge on any atom is -0.331 e. The highest BCUT2D eigenvalue weighted by Crippen LogP contribution is 2.32. The molecule has 0 saturated carbocycles. The van der Waals surface area contributed by atoms with Crippen LogP contribution in [0.25, 0.3) is 10.8 Å². The number of rotatable bonds is 6. The molecule has 0 spiro atoms. The standard InChI is InChI=1S/C30H30FNO/c1-3-4-5-9-24-16-19-27(20-22(24)2)32(21-23-14-17-26(31)18-15-23)30(33)29-13-8-11-25-10-6-7-12-28(25)29/h3-15,17-18,27H,16,19-21H2,1-2H3/b4-3-,9-5-. The maximum absolute atomic E-state index is 13.9. The van der Waals surface area contributed by atoms with Crippen molar-refractivity contribution in [3.8, 4) is 0 Å². The van der Waals surface area contributed by atoms with Gasteiger partial charge >= 0.3 is 0 Å². The first-order chi connectivity index (χ1) is 16.1. The van der Waals surface area contributed by atoms with E-state index in [-0.39, 0.29) is 17.8 Å². The monoisotopic (exact) mass is 439 g/mol. The lowest BCUT2D eigenvalue weighted by Crippen LogP contribution is -2.41. The largest absolute Gasteiger partial charge is 0.331 e. The Bertz CT molecular complexity index is 1210. The summed E-state index contributed by atoms with van der Waals surface area (Å²) in [6.07, 6.45) is 11.0. The maximum Gasteiger partial charge on any atom is 0.255 e. The van der Waals surface area contributed by atoms with E-state index in [1.165, 1.54) is 23.3 Å². The van der Waals surface area contributed by atoms with Crippen LogP contribution < -0.4 is 0 Å². The van der Waals surface area contributed by atoms with Crippen molar-refractivity contribution in [3.05, 3.63) is 119 Å². The van der Waals surface area contributed by atoms with Crippen molar-refractivity contribution >= 4 is 16.7 Å². The molecule has 2 nitrogen and oxygen atoms in total. The van der Waals surface area contributed by atoms with E-state index in [4.69, 9.17) is 0 Å². The third kappa shape index (κ3) is 5.31. The van der Waals surface area contributed by atoms with Gasteiger partial charge in [-0.25, -0.2) is 4.39 Å². The van der Waals surface area contributed by atoms with Gasteiger partial charge < -0.3 is 4.90 Å². The van der Waals surface area contributed by atoms with Crippen LogP contribution in [0.15, 0.2) is 102 Å². The SMILES string of the molecule is C/C=C\C=C/C1=C(C)CC(N(Cc2ccc(F)cc2)C(=O)c2cccc3ccccc23)CC1. The molecule has 1 aliphatic rings. The molecule has 0 heterocycles. The lowest BCUT2D eigenvalue weighted by Gasteiger charge is -2.36. The van der Waals surface area contributed by atoms with Crippen molar-refractivity contribution in [1.29, 1.82) is 0 Å². The lowest BCUT2D eigenvalue weighted by molar-refractivity contribution is 0.0646. The molecule has 3 aromatic carbocycles. The second-order valence-electron chi connectivity index (χ2n) is 8.67. The van der Waals surface area contributed by atoms with Gasteiger partial charge in [0.2, 0.25) is 0 Å². The molecule has 0 fully saturated rings. The zero-order valence-corrected chi connectivity index (χ0v) is 19.3. The minimum atomic E-state index is -0.264. The first-order valence-electron chi connectivity index (χ1n) is 11.6. The summed E-state index contributed by atoms with van der Waals surface area (Å²) in [5, 5.41) is 2.02. The number of allylic oxidation sites excluding steroid dienone is 5. The fourth-order valence-electron chi connectivity index (χ4n) is 4.62. The van der Waals surface area contributed by atoms with Crippen LogP contribution in [0.1, 0.15) is 49.0 Å². The van der Waals surface area contributed by atoms with Crippen LogP contribution in [0.3, 0.4) is 0 Å². The molecular weight excluding hydrogens is 409 g/mol. The number of amides is 1. The van der Waals surface area contributed by atoms with Crippen molar-refractivity contribution in [2.24, 2.45) is 0 Å². The third-order valence-electron chi connectivity index (χ3n) is 6.43. The smallest absolute Gasteiger partial charge is 0.255 e. The summed E-state index contributed by atoms with van der Waals surface area (Å²) in [6.45, 7) is 4.64. The van der Waals surface area contributed by atoms with Crippen molar-refractivity contribution in [2.45, 2.75) is 45.7 Å². The van der Waals surface area contributed by atoms with Gasteiger partial charge in [-0.2, -0.15) is 0 Å². The first kappa shape index (κ1) is 22.7. The molecule has 1 atom stereocenters. The number of hydrogen-bond donors (Lipinski definition) is 0. The summed E-state index contributed by atoms with van der Waals surface area (Å²) in [5.41, 5.74) is 4.33. The van der Waals surface area contributed by atoms with Crippen molar-refractivity contribution in [3.63, 3.8) is 0 Å². The maximum atomic E-state index is 13.9. The molecule has 1 aliphatic carbocycles. The summed E-state index contributed by atoms with van der Waals surface area (Å²) in [6, 6.07) is 20.5. The molecule has 3 heteroatoms. The van der Waals surface area contributed by atoms with Crippen molar-refractivity contribution < 1.29 is 9.18 Å². The topological polar surface area (TPSA) is 20.3 Å². The van der Waals surface area contributed by atoms with Gasteiger partial charge in [0.1, 0.15) is 5.82 Å². The second kappa shape index (κ2) is 10.4. The van der Waals surface area contributed by atoms with Crippen LogP contribution in [0.5, 0.6) is 0 Å². The van der Waals surface area contributed by atoms with Gasteiger partial charge in [0.15, 0.2) is 0 Å². The molecular formula is C30H30FNO. The van der Waals surface area contributed by atoms with Gasteiger partial charge in [-0.1, -0.05) is 78.4 Å². The number of hydrogen-bond acceptors (Lipinski definition) is 1. The number of carbonyl (C=O) groups is 1. The van der Waals surface area contributed by atoms with E-state index in [1.54, 1.807) is 12.1 Å². The average Bonchev–Trinajstić information content (AvgIpc) is 2.84. The molecule has 3 aromatic rings. The molecule has 1 unspecified atom stereocenters. The molecule has 4 rings (SSSR count). The first-order valence-corrected chi connectivity index (χ1v) is 11.6. The molecule has 0 aromatic heterocycles. The fraction of sp³-hybridized carbons (Fsp3) is 0.233. The van der Waals surface area contributed by atoms with Gasteiger partial charge in [-0.15, -0.1) is 0 Å².